The van der Waals surface area contributed by atoms with Gasteiger partial charge in [0.15, 0.2) is 0 Å². The fourth-order valence-corrected chi connectivity index (χ4v) is 1.23. The lowest BCUT2D eigenvalue weighted by Gasteiger charge is -2.17. The lowest BCUT2D eigenvalue weighted by Crippen LogP contribution is -2.20. The molecule has 0 spiro atoms. The highest BCUT2D eigenvalue weighted by Crippen LogP contribution is 2.20. The third-order valence-electron chi connectivity index (χ3n) is 2.08. The number of hydrogen-bond acceptors (Lipinski definition) is 4. The summed E-state index contributed by atoms with van der Waals surface area (Å²) in [6.07, 6.45) is -0.188. The molecule has 0 aliphatic rings. The van der Waals surface area contributed by atoms with Gasteiger partial charge in [0.25, 0.3) is 0 Å². The predicted molar refractivity (Wildman–Crippen MR) is 53.8 cm³/mol. The Hall–Kier alpha value is -1.69. The molecule has 1 aromatic heterocycles. The van der Waals surface area contributed by atoms with Crippen molar-refractivity contribution >= 4 is 0 Å². The zero-order chi connectivity index (χ0) is 12.0. The Bertz CT molecular complexity index is 395. The summed E-state index contributed by atoms with van der Waals surface area (Å²) in [5, 5.41) is 22.3. The van der Waals surface area contributed by atoms with Crippen molar-refractivity contribution < 1.29 is 14.6 Å². The number of aromatic nitrogens is 1. The van der Waals surface area contributed by atoms with E-state index in [9.17, 15) is 14.6 Å². The van der Waals surface area contributed by atoms with Gasteiger partial charge in [-0.3, -0.25) is 4.98 Å². The van der Waals surface area contributed by atoms with Gasteiger partial charge < -0.3 is 10.2 Å². The summed E-state index contributed by atoms with van der Waals surface area (Å²) < 4.78 is 13.2. The van der Waals surface area contributed by atoms with Gasteiger partial charge in [-0.1, -0.05) is 5.11 Å². The molecule has 2 N–H and O–H groups in total. The average molecular weight is 226 g/mol. The van der Waals surface area contributed by atoms with Crippen LogP contribution in [0.15, 0.2) is 23.6 Å². The summed E-state index contributed by atoms with van der Waals surface area (Å²) in [5.41, 5.74) is 8.00. The van der Waals surface area contributed by atoms with Crippen LogP contribution < -0.4 is 0 Å². The van der Waals surface area contributed by atoms with Crippen molar-refractivity contribution in [2.24, 2.45) is 5.11 Å². The smallest absolute Gasteiger partial charge is 0.147 e. The van der Waals surface area contributed by atoms with Gasteiger partial charge in [0, 0.05) is 23.2 Å². The third kappa shape index (κ3) is 3.16. The molecule has 0 radical (unpaired) electrons. The van der Waals surface area contributed by atoms with Crippen molar-refractivity contribution in [2.75, 3.05) is 6.54 Å². The zero-order valence-electron chi connectivity index (χ0n) is 8.36. The number of aliphatic hydroxyl groups excluding tert-OH is 2. The Kier molecular flexibility index (Phi) is 4.65. The summed E-state index contributed by atoms with van der Waals surface area (Å²) in [5.74, 6) is -0.683. The molecule has 0 amide bonds. The van der Waals surface area contributed by atoms with E-state index in [1.807, 2.05) is 0 Å². The quantitative estimate of drug-likeness (QED) is 0.449. The molecule has 0 aliphatic heterocycles. The topological polar surface area (TPSA) is 102 Å². The highest BCUT2D eigenvalue weighted by atomic mass is 19.1. The molecule has 0 fully saturated rings. The van der Waals surface area contributed by atoms with Crippen molar-refractivity contribution in [3.8, 4) is 0 Å². The van der Waals surface area contributed by atoms with Crippen molar-refractivity contribution in [2.45, 2.75) is 18.6 Å². The first kappa shape index (κ1) is 12.4. The Morgan fingerprint density at radius 2 is 2.31 bits per heavy atom. The van der Waals surface area contributed by atoms with E-state index in [2.05, 4.69) is 15.0 Å². The van der Waals surface area contributed by atoms with Gasteiger partial charge >= 0.3 is 0 Å². The second-order valence-corrected chi connectivity index (χ2v) is 3.15. The van der Waals surface area contributed by atoms with Crippen LogP contribution in [-0.2, 0) is 0 Å². The number of hydrogen-bond donors (Lipinski definition) is 2. The number of rotatable bonds is 5. The van der Waals surface area contributed by atoms with Crippen LogP contribution in [0.3, 0.4) is 0 Å². The maximum atomic E-state index is 13.2. The zero-order valence-corrected chi connectivity index (χ0v) is 8.36. The van der Waals surface area contributed by atoms with Crippen LogP contribution >= 0.6 is 0 Å². The van der Waals surface area contributed by atoms with E-state index >= 15 is 0 Å². The van der Waals surface area contributed by atoms with Gasteiger partial charge in [0.2, 0.25) is 0 Å². The van der Waals surface area contributed by atoms with Gasteiger partial charge in [0.1, 0.15) is 11.9 Å². The van der Waals surface area contributed by atoms with E-state index in [-0.39, 0.29) is 18.5 Å². The number of pyridine rings is 1. The molecule has 1 aromatic rings. The molecule has 86 valence electrons. The standard InChI is InChI=1S/C9H11FN4O2/c10-7-5-12-3-1-6(7)9(16)8(15)2-4-13-14-11/h1,3,5,8-9,15-16H,2,4H2. The van der Waals surface area contributed by atoms with Crippen LogP contribution in [-0.4, -0.2) is 27.8 Å². The Labute approximate surface area is 91.0 Å². The molecular formula is C9H11FN4O2. The van der Waals surface area contributed by atoms with Gasteiger partial charge in [-0.15, -0.1) is 0 Å². The van der Waals surface area contributed by atoms with Crippen LogP contribution in [0, 0.1) is 5.82 Å². The molecule has 2 unspecified atom stereocenters. The van der Waals surface area contributed by atoms with E-state index in [0.29, 0.717) is 0 Å². The minimum absolute atomic E-state index is 0.0246. The van der Waals surface area contributed by atoms with E-state index < -0.39 is 18.0 Å². The van der Waals surface area contributed by atoms with E-state index in [1.165, 1.54) is 12.3 Å². The van der Waals surface area contributed by atoms with Crippen LogP contribution in [0.5, 0.6) is 0 Å². The molecule has 0 saturated carbocycles. The van der Waals surface area contributed by atoms with Crippen molar-refractivity contribution in [3.05, 3.63) is 40.3 Å². The molecule has 2 atom stereocenters. The maximum absolute atomic E-state index is 13.2. The van der Waals surface area contributed by atoms with Gasteiger partial charge in [-0.05, 0) is 18.0 Å². The molecule has 7 heteroatoms. The number of aliphatic hydroxyl groups is 2. The molecule has 0 aliphatic carbocycles. The Morgan fingerprint density at radius 3 is 2.94 bits per heavy atom. The second kappa shape index (κ2) is 6.02. The molecule has 1 heterocycles. The fourth-order valence-electron chi connectivity index (χ4n) is 1.23. The Morgan fingerprint density at radius 1 is 1.56 bits per heavy atom. The molecule has 16 heavy (non-hydrogen) atoms. The highest BCUT2D eigenvalue weighted by molar-refractivity contribution is 5.16. The molecule has 0 aromatic carbocycles. The first-order valence-corrected chi connectivity index (χ1v) is 4.63. The monoisotopic (exact) mass is 226 g/mol. The maximum Gasteiger partial charge on any atom is 0.147 e. The van der Waals surface area contributed by atoms with Crippen LogP contribution in [0.1, 0.15) is 18.1 Å². The fraction of sp³-hybridized carbons (Fsp3) is 0.444. The summed E-state index contributed by atoms with van der Waals surface area (Å²) in [6.45, 7) is 0.0431. The van der Waals surface area contributed by atoms with Crippen LogP contribution in [0.25, 0.3) is 10.4 Å². The minimum atomic E-state index is -1.35. The molecule has 1 rings (SSSR count). The Balaban J connectivity index is 2.66. The highest BCUT2D eigenvalue weighted by Gasteiger charge is 2.20. The summed E-state index contributed by atoms with van der Waals surface area (Å²) in [4.78, 5) is 6.03. The molecule has 6 nitrogen and oxygen atoms in total. The molecule has 0 saturated heterocycles. The first-order chi connectivity index (χ1) is 7.66. The number of halogens is 1. The second-order valence-electron chi connectivity index (χ2n) is 3.15. The van der Waals surface area contributed by atoms with E-state index in [1.54, 1.807) is 0 Å². The van der Waals surface area contributed by atoms with Crippen molar-refractivity contribution in [1.29, 1.82) is 0 Å². The lowest BCUT2D eigenvalue weighted by molar-refractivity contribution is 0.0129. The summed E-state index contributed by atoms with van der Waals surface area (Å²) >= 11 is 0. The normalized spacial score (nSPS) is 13.9. The minimum Gasteiger partial charge on any atom is -0.390 e. The van der Waals surface area contributed by atoms with Crippen LogP contribution in [0.2, 0.25) is 0 Å². The van der Waals surface area contributed by atoms with E-state index in [4.69, 9.17) is 5.53 Å². The molecule has 0 bridgehead atoms. The molecular weight excluding hydrogens is 215 g/mol. The predicted octanol–water partition coefficient (Wildman–Crippen LogP) is 1.32. The largest absolute Gasteiger partial charge is 0.390 e. The van der Waals surface area contributed by atoms with Gasteiger partial charge in [-0.2, -0.15) is 0 Å². The van der Waals surface area contributed by atoms with Gasteiger partial charge in [-0.25, -0.2) is 4.39 Å². The van der Waals surface area contributed by atoms with Crippen molar-refractivity contribution in [3.63, 3.8) is 0 Å². The average Bonchev–Trinajstić information content (AvgIpc) is 2.29. The first-order valence-electron chi connectivity index (χ1n) is 4.63. The van der Waals surface area contributed by atoms with Crippen molar-refractivity contribution in [1.82, 2.24) is 4.98 Å². The third-order valence-corrected chi connectivity index (χ3v) is 2.08. The number of nitrogens with zero attached hydrogens (tertiary/aromatic N) is 4. The summed E-state index contributed by atoms with van der Waals surface area (Å²) in [7, 11) is 0. The SMILES string of the molecule is [N-]=[N+]=NCCC(O)C(O)c1ccncc1F. The lowest BCUT2D eigenvalue weighted by atomic mass is 10.0. The number of azide groups is 1. The van der Waals surface area contributed by atoms with Gasteiger partial charge in [0.05, 0.1) is 12.3 Å². The van der Waals surface area contributed by atoms with Crippen LogP contribution in [0.4, 0.5) is 4.39 Å². The van der Waals surface area contributed by atoms with E-state index in [0.717, 1.165) is 6.20 Å². The summed E-state index contributed by atoms with van der Waals surface area (Å²) in [6, 6.07) is 1.29.